The standard InChI is InChI=1S/C51H99NO10/c1-3-5-7-9-11-13-15-17-19-21-22-23-25-27-29-31-33-35-37-39-44(55)50(60)52-42(41-61-51-49(59)48(58)47(57)45(40-53)62-51)46(56)43(54)38-36-34-32-30-28-26-24-20-18-16-14-12-10-8-6-4-2/h30,32,42-49,51,53-59H,3-29,31,33-41H2,1-2H3,(H,52,60)/b32-30+. The maximum Gasteiger partial charge on any atom is 0.249 e. The summed E-state index contributed by atoms with van der Waals surface area (Å²) in [4.78, 5) is 13.1. The molecule has 1 aliphatic rings. The van der Waals surface area contributed by atoms with E-state index in [4.69, 9.17) is 9.47 Å². The molecule has 0 aliphatic carbocycles. The van der Waals surface area contributed by atoms with E-state index in [0.717, 1.165) is 38.5 Å². The van der Waals surface area contributed by atoms with Crippen molar-refractivity contribution in [3.63, 3.8) is 0 Å². The van der Waals surface area contributed by atoms with Gasteiger partial charge in [-0.05, 0) is 38.5 Å². The lowest BCUT2D eigenvalue weighted by Crippen LogP contribution is -2.60. The van der Waals surface area contributed by atoms with Crippen LogP contribution in [0.1, 0.15) is 239 Å². The Kier molecular flexibility index (Phi) is 39.2. The highest BCUT2D eigenvalue weighted by Gasteiger charge is 2.44. The molecule has 1 rings (SSSR count). The van der Waals surface area contributed by atoms with Crippen LogP contribution in [0.3, 0.4) is 0 Å². The summed E-state index contributed by atoms with van der Waals surface area (Å²) < 4.78 is 11.1. The van der Waals surface area contributed by atoms with Crippen LogP contribution in [0.5, 0.6) is 0 Å². The van der Waals surface area contributed by atoms with E-state index in [1.165, 1.54) is 161 Å². The van der Waals surface area contributed by atoms with Gasteiger partial charge in [0.2, 0.25) is 5.91 Å². The van der Waals surface area contributed by atoms with Gasteiger partial charge >= 0.3 is 0 Å². The summed E-state index contributed by atoms with van der Waals surface area (Å²) in [5.41, 5.74) is 0. The van der Waals surface area contributed by atoms with Crippen molar-refractivity contribution in [3.8, 4) is 0 Å². The molecule has 1 amide bonds. The Balaban J connectivity index is 2.39. The quantitative estimate of drug-likeness (QED) is 0.0216. The average Bonchev–Trinajstić information content (AvgIpc) is 3.27. The Labute approximate surface area is 379 Å². The lowest BCUT2D eigenvalue weighted by molar-refractivity contribution is -0.303. The Morgan fingerprint density at radius 2 is 0.952 bits per heavy atom. The van der Waals surface area contributed by atoms with E-state index in [1.54, 1.807) is 0 Å². The molecule has 0 radical (unpaired) electrons. The molecule has 11 heteroatoms. The summed E-state index contributed by atoms with van der Waals surface area (Å²) in [5.74, 6) is -0.702. The largest absolute Gasteiger partial charge is 0.394 e. The lowest BCUT2D eigenvalue weighted by atomic mass is 9.98. The summed E-state index contributed by atoms with van der Waals surface area (Å²) in [6, 6.07) is -1.18. The third kappa shape index (κ3) is 30.1. The maximum absolute atomic E-state index is 13.1. The zero-order valence-corrected chi connectivity index (χ0v) is 39.9. The summed E-state index contributed by atoms with van der Waals surface area (Å²) in [6.07, 6.45) is 34.0. The molecule has 1 aliphatic heterocycles. The summed E-state index contributed by atoms with van der Waals surface area (Å²) in [5, 5.41) is 75.9. The van der Waals surface area contributed by atoms with E-state index in [0.29, 0.717) is 12.8 Å². The van der Waals surface area contributed by atoms with Gasteiger partial charge in [-0.3, -0.25) is 4.79 Å². The lowest BCUT2D eigenvalue weighted by Gasteiger charge is -2.40. The molecule has 0 bridgehead atoms. The van der Waals surface area contributed by atoms with Gasteiger partial charge in [0.05, 0.1) is 25.4 Å². The van der Waals surface area contributed by atoms with Crippen molar-refractivity contribution in [2.45, 2.75) is 294 Å². The number of rotatable bonds is 44. The molecule has 1 heterocycles. The number of ether oxygens (including phenoxy) is 2. The number of amides is 1. The van der Waals surface area contributed by atoms with Crippen molar-refractivity contribution in [2.24, 2.45) is 0 Å². The molecule has 0 aromatic rings. The number of nitrogens with one attached hydrogen (secondary N) is 1. The first-order valence-electron chi connectivity index (χ1n) is 26.1. The second-order valence-corrected chi connectivity index (χ2v) is 18.6. The van der Waals surface area contributed by atoms with Crippen LogP contribution in [0.15, 0.2) is 12.2 Å². The van der Waals surface area contributed by atoms with Gasteiger partial charge in [0, 0.05) is 0 Å². The monoisotopic (exact) mass is 886 g/mol. The Hall–Kier alpha value is -1.15. The topological polar surface area (TPSA) is 189 Å². The molecule has 62 heavy (non-hydrogen) atoms. The van der Waals surface area contributed by atoms with Crippen molar-refractivity contribution >= 4 is 5.91 Å². The van der Waals surface area contributed by atoms with Gasteiger partial charge in [-0.2, -0.15) is 0 Å². The molecule has 8 N–H and O–H groups in total. The molecule has 368 valence electrons. The molecule has 0 aromatic carbocycles. The zero-order valence-electron chi connectivity index (χ0n) is 39.9. The maximum atomic E-state index is 13.1. The predicted molar refractivity (Wildman–Crippen MR) is 252 cm³/mol. The molecule has 9 unspecified atom stereocenters. The number of hydrogen-bond acceptors (Lipinski definition) is 10. The van der Waals surface area contributed by atoms with E-state index in [2.05, 4.69) is 31.3 Å². The average molecular weight is 886 g/mol. The smallest absolute Gasteiger partial charge is 0.249 e. The summed E-state index contributed by atoms with van der Waals surface area (Å²) in [6.45, 7) is 3.45. The van der Waals surface area contributed by atoms with Crippen molar-refractivity contribution in [1.29, 1.82) is 0 Å². The highest BCUT2D eigenvalue weighted by molar-refractivity contribution is 5.80. The second kappa shape index (κ2) is 41.3. The number of aliphatic hydroxyl groups is 7. The van der Waals surface area contributed by atoms with Crippen molar-refractivity contribution in [3.05, 3.63) is 12.2 Å². The number of aliphatic hydroxyl groups excluding tert-OH is 7. The summed E-state index contributed by atoms with van der Waals surface area (Å²) in [7, 11) is 0. The Morgan fingerprint density at radius 3 is 1.39 bits per heavy atom. The first-order chi connectivity index (χ1) is 30.2. The second-order valence-electron chi connectivity index (χ2n) is 18.6. The molecule has 1 saturated heterocycles. The van der Waals surface area contributed by atoms with Crippen LogP contribution in [0.25, 0.3) is 0 Å². The van der Waals surface area contributed by atoms with E-state index in [1.807, 2.05) is 0 Å². The van der Waals surface area contributed by atoms with Crippen LogP contribution in [0.2, 0.25) is 0 Å². The molecule has 11 nitrogen and oxygen atoms in total. The molecule has 1 fully saturated rings. The van der Waals surface area contributed by atoms with E-state index in [-0.39, 0.29) is 12.8 Å². The first kappa shape index (κ1) is 58.9. The highest BCUT2D eigenvalue weighted by Crippen LogP contribution is 2.23. The minimum Gasteiger partial charge on any atom is -0.394 e. The number of unbranched alkanes of at least 4 members (excludes halogenated alkanes) is 30. The van der Waals surface area contributed by atoms with Gasteiger partial charge in [0.25, 0.3) is 0 Å². The third-order valence-corrected chi connectivity index (χ3v) is 12.8. The van der Waals surface area contributed by atoms with E-state index >= 15 is 0 Å². The van der Waals surface area contributed by atoms with Crippen molar-refractivity contribution in [2.75, 3.05) is 13.2 Å². The highest BCUT2D eigenvalue weighted by atomic mass is 16.7. The van der Waals surface area contributed by atoms with Crippen LogP contribution in [-0.2, 0) is 14.3 Å². The fraction of sp³-hybridized carbons (Fsp3) is 0.941. The SMILES string of the molecule is CCCCCCCCCCCCC/C=C/CCCC(O)C(O)C(COC1OC(CO)C(O)C(O)C1O)NC(=O)C(O)CCCCCCCCCCCCCCCCCCCCC. The van der Waals surface area contributed by atoms with Crippen LogP contribution in [0, 0.1) is 0 Å². The predicted octanol–water partition coefficient (Wildman–Crippen LogP) is 9.62. The molecule has 0 spiro atoms. The molecule has 9 atom stereocenters. The Morgan fingerprint density at radius 1 is 0.548 bits per heavy atom. The van der Waals surface area contributed by atoms with Gasteiger partial charge in [0.1, 0.15) is 36.6 Å². The van der Waals surface area contributed by atoms with Gasteiger partial charge in [0.15, 0.2) is 6.29 Å². The summed E-state index contributed by atoms with van der Waals surface area (Å²) >= 11 is 0. The van der Waals surface area contributed by atoms with Crippen LogP contribution in [-0.4, -0.2) is 110 Å². The number of allylic oxidation sites excluding steroid dienone is 2. The first-order valence-corrected chi connectivity index (χ1v) is 26.1. The Bertz CT molecular complexity index is 1020. The van der Waals surface area contributed by atoms with Crippen LogP contribution >= 0.6 is 0 Å². The third-order valence-electron chi connectivity index (χ3n) is 12.8. The molecule has 0 aromatic heterocycles. The van der Waals surface area contributed by atoms with E-state index in [9.17, 15) is 40.5 Å². The molecular formula is C51H99NO10. The van der Waals surface area contributed by atoms with Crippen molar-refractivity contribution in [1.82, 2.24) is 5.32 Å². The number of carbonyl (C=O) groups is 1. The fourth-order valence-corrected chi connectivity index (χ4v) is 8.50. The van der Waals surface area contributed by atoms with Crippen LogP contribution in [0.4, 0.5) is 0 Å². The minimum absolute atomic E-state index is 0.259. The van der Waals surface area contributed by atoms with Gasteiger partial charge in [-0.25, -0.2) is 0 Å². The number of hydrogen-bond donors (Lipinski definition) is 8. The normalized spacial score (nSPS) is 21.3. The van der Waals surface area contributed by atoms with Crippen LogP contribution < -0.4 is 5.32 Å². The van der Waals surface area contributed by atoms with Gasteiger partial charge in [-0.1, -0.05) is 212 Å². The molecular weight excluding hydrogens is 787 g/mol. The molecule has 0 saturated carbocycles. The minimum atomic E-state index is -1.66. The van der Waals surface area contributed by atoms with Gasteiger partial charge in [-0.15, -0.1) is 0 Å². The fourth-order valence-electron chi connectivity index (χ4n) is 8.50. The van der Waals surface area contributed by atoms with E-state index < -0.39 is 74.2 Å². The van der Waals surface area contributed by atoms with Gasteiger partial charge < -0.3 is 50.5 Å². The number of carbonyl (C=O) groups excluding carboxylic acids is 1. The van der Waals surface area contributed by atoms with Crippen molar-refractivity contribution < 1.29 is 50.0 Å². The zero-order chi connectivity index (χ0) is 45.5.